The van der Waals surface area contributed by atoms with Crippen molar-refractivity contribution in [1.29, 1.82) is 0 Å². The molecule has 2 aromatic rings. The van der Waals surface area contributed by atoms with Gasteiger partial charge in [0, 0.05) is 18.5 Å². The van der Waals surface area contributed by atoms with Gasteiger partial charge in [0.05, 0.1) is 5.02 Å². The van der Waals surface area contributed by atoms with Crippen LogP contribution in [0.15, 0.2) is 42.5 Å². The highest BCUT2D eigenvalue weighted by Crippen LogP contribution is 2.17. The number of ketones is 1. The number of hydrogen-bond acceptors (Lipinski definition) is 2. The summed E-state index contributed by atoms with van der Waals surface area (Å²) >= 11 is 5.69. The number of carbonyl (C=O) groups is 1. The summed E-state index contributed by atoms with van der Waals surface area (Å²) in [4.78, 5) is 11.9. The summed E-state index contributed by atoms with van der Waals surface area (Å²) in [7, 11) is 0. The Labute approximate surface area is 122 Å². The summed E-state index contributed by atoms with van der Waals surface area (Å²) < 4.78 is 13.0. The zero-order chi connectivity index (χ0) is 14.5. The second-order valence-electron chi connectivity index (χ2n) is 4.71. The van der Waals surface area contributed by atoms with E-state index in [1.807, 2.05) is 24.3 Å². The summed E-state index contributed by atoms with van der Waals surface area (Å²) in [5.74, 6) is -0.377. The van der Waals surface area contributed by atoms with E-state index in [1.54, 1.807) is 6.07 Å². The smallest absolute Gasteiger partial charge is 0.141 e. The highest BCUT2D eigenvalue weighted by molar-refractivity contribution is 6.30. The van der Waals surface area contributed by atoms with E-state index in [4.69, 9.17) is 17.3 Å². The monoisotopic (exact) mass is 291 g/mol. The Bertz CT molecular complexity index is 628. The molecular formula is C16H15ClFNO. The van der Waals surface area contributed by atoms with Gasteiger partial charge in [0.1, 0.15) is 11.6 Å². The van der Waals surface area contributed by atoms with Crippen molar-refractivity contribution in [1.82, 2.24) is 0 Å². The summed E-state index contributed by atoms with van der Waals surface area (Å²) in [5.41, 5.74) is 8.15. The first-order valence-electron chi connectivity index (χ1n) is 6.34. The molecule has 0 atom stereocenters. The minimum atomic E-state index is -0.470. The average molecular weight is 292 g/mol. The van der Waals surface area contributed by atoms with E-state index in [0.717, 1.165) is 11.1 Å². The van der Waals surface area contributed by atoms with Crippen LogP contribution < -0.4 is 5.73 Å². The van der Waals surface area contributed by atoms with Gasteiger partial charge in [-0.15, -0.1) is 0 Å². The lowest BCUT2D eigenvalue weighted by Gasteiger charge is -2.04. The molecule has 0 unspecified atom stereocenters. The lowest BCUT2D eigenvalue weighted by molar-refractivity contribution is -0.118. The molecule has 0 saturated carbocycles. The first-order valence-corrected chi connectivity index (χ1v) is 6.72. The van der Waals surface area contributed by atoms with E-state index in [-0.39, 0.29) is 17.2 Å². The molecule has 0 bridgehead atoms. The predicted octanol–water partition coefficient (Wildman–Crippen LogP) is 3.81. The van der Waals surface area contributed by atoms with E-state index in [0.29, 0.717) is 18.5 Å². The fourth-order valence-corrected chi connectivity index (χ4v) is 2.20. The Morgan fingerprint density at radius 3 is 2.65 bits per heavy atom. The van der Waals surface area contributed by atoms with Gasteiger partial charge < -0.3 is 5.73 Å². The predicted molar refractivity (Wildman–Crippen MR) is 79.3 cm³/mol. The SMILES string of the molecule is Nc1cccc(CCC(=O)Cc2ccc(F)c(Cl)c2)c1. The Morgan fingerprint density at radius 2 is 1.95 bits per heavy atom. The molecule has 2 rings (SSSR count). The van der Waals surface area contributed by atoms with E-state index in [1.165, 1.54) is 12.1 Å². The lowest BCUT2D eigenvalue weighted by atomic mass is 10.0. The van der Waals surface area contributed by atoms with Gasteiger partial charge in [-0.05, 0) is 41.8 Å². The lowest BCUT2D eigenvalue weighted by Crippen LogP contribution is -2.04. The number of hydrogen-bond donors (Lipinski definition) is 1. The Morgan fingerprint density at radius 1 is 1.15 bits per heavy atom. The highest BCUT2D eigenvalue weighted by Gasteiger charge is 2.07. The average Bonchev–Trinajstić information content (AvgIpc) is 2.41. The molecule has 0 aliphatic carbocycles. The normalized spacial score (nSPS) is 10.5. The van der Waals surface area contributed by atoms with Crippen LogP contribution in [0.5, 0.6) is 0 Å². The van der Waals surface area contributed by atoms with Crippen molar-refractivity contribution in [3.8, 4) is 0 Å². The van der Waals surface area contributed by atoms with Crippen LogP contribution in [-0.4, -0.2) is 5.78 Å². The largest absolute Gasteiger partial charge is 0.399 e. The summed E-state index contributed by atoms with van der Waals surface area (Å²) in [6.07, 6.45) is 1.35. The standard InChI is InChI=1S/C16H15ClFNO/c17-15-10-12(5-7-16(15)18)9-14(20)6-4-11-2-1-3-13(19)8-11/h1-3,5,7-8,10H,4,6,9,19H2. The van der Waals surface area contributed by atoms with Crippen molar-refractivity contribution < 1.29 is 9.18 Å². The summed E-state index contributed by atoms with van der Waals surface area (Å²) in [6.45, 7) is 0. The van der Waals surface area contributed by atoms with Crippen molar-refractivity contribution >= 4 is 23.1 Å². The van der Waals surface area contributed by atoms with E-state index >= 15 is 0 Å². The molecule has 0 fully saturated rings. The molecule has 104 valence electrons. The van der Waals surface area contributed by atoms with E-state index in [2.05, 4.69) is 0 Å². The van der Waals surface area contributed by atoms with Crippen molar-refractivity contribution in [2.75, 3.05) is 5.73 Å². The van der Waals surface area contributed by atoms with Crippen LogP contribution in [0, 0.1) is 5.82 Å². The number of nitrogens with two attached hydrogens (primary N) is 1. The zero-order valence-corrected chi connectivity index (χ0v) is 11.7. The van der Waals surface area contributed by atoms with Crippen LogP contribution in [0.4, 0.5) is 10.1 Å². The number of Topliss-reactive ketones (excluding diaryl/α,β-unsaturated/α-hetero) is 1. The third-order valence-electron chi connectivity index (χ3n) is 3.03. The number of halogens is 2. The van der Waals surface area contributed by atoms with Gasteiger partial charge in [0.25, 0.3) is 0 Å². The molecule has 0 radical (unpaired) electrons. The van der Waals surface area contributed by atoms with Crippen molar-refractivity contribution in [3.05, 3.63) is 64.4 Å². The van der Waals surface area contributed by atoms with Crippen LogP contribution in [-0.2, 0) is 17.6 Å². The third kappa shape index (κ3) is 4.07. The molecule has 0 amide bonds. The Balaban J connectivity index is 1.91. The van der Waals surface area contributed by atoms with Gasteiger partial charge in [-0.1, -0.05) is 29.8 Å². The number of benzene rings is 2. The fraction of sp³-hybridized carbons (Fsp3) is 0.188. The maximum atomic E-state index is 13.0. The minimum Gasteiger partial charge on any atom is -0.399 e. The van der Waals surface area contributed by atoms with Gasteiger partial charge in [0.15, 0.2) is 0 Å². The molecule has 2 N–H and O–H groups in total. The van der Waals surface area contributed by atoms with E-state index in [9.17, 15) is 9.18 Å². The first kappa shape index (κ1) is 14.5. The number of rotatable bonds is 5. The number of nitrogen functional groups attached to an aromatic ring is 1. The Hall–Kier alpha value is -1.87. The first-order chi connectivity index (χ1) is 9.54. The second-order valence-corrected chi connectivity index (χ2v) is 5.12. The Kier molecular flexibility index (Phi) is 4.74. The fourth-order valence-electron chi connectivity index (χ4n) is 2.00. The van der Waals surface area contributed by atoms with Gasteiger partial charge in [-0.25, -0.2) is 4.39 Å². The molecule has 0 aromatic heterocycles. The quantitative estimate of drug-likeness (QED) is 0.851. The van der Waals surface area contributed by atoms with Crippen LogP contribution in [0.2, 0.25) is 5.02 Å². The maximum absolute atomic E-state index is 13.0. The summed E-state index contributed by atoms with van der Waals surface area (Å²) in [6, 6.07) is 11.8. The van der Waals surface area contributed by atoms with E-state index < -0.39 is 5.82 Å². The minimum absolute atomic E-state index is 0.0473. The van der Waals surface area contributed by atoms with Gasteiger partial charge >= 0.3 is 0 Å². The van der Waals surface area contributed by atoms with Crippen molar-refractivity contribution in [2.24, 2.45) is 0 Å². The third-order valence-corrected chi connectivity index (χ3v) is 3.32. The molecule has 20 heavy (non-hydrogen) atoms. The molecular weight excluding hydrogens is 277 g/mol. The molecule has 0 heterocycles. The summed E-state index contributed by atoms with van der Waals surface area (Å²) in [5, 5.41) is 0.0473. The van der Waals surface area contributed by atoms with Crippen LogP contribution in [0.1, 0.15) is 17.5 Å². The molecule has 0 saturated heterocycles. The maximum Gasteiger partial charge on any atom is 0.141 e. The van der Waals surface area contributed by atoms with Crippen molar-refractivity contribution in [3.63, 3.8) is 0 Å². The molecule has 0 aliphatic heterocycles. The van der Waals surface area contributed by atoms with Crippen LogP contribution in [0.3, 0.4) is 0 Å². The topological polar surface area (TPSA) is 43.1 Å². The van der Waals surface area contributed by atoms with Crippen LogP contribution in [0.25, 0.3) is 0 Å². The zero-order valence-electron chi connectivity index (χ0n) is 10.9. The molecule has 2 aromatic carbocycles. The molecule has 2 nitrogen and oxygen atoms in total. The number of aryl methyl sites for hydroxylation is 1. The molecule has 4 heteroatoms. The second kappa shape index (κ2) is 6.53. The van der Waals surface area contributed by atoms with Crippen LogP contribution >= 0.6 is 11.6 Å². The highest BCUT2D eigenvalue weighted by atomic mass is 35.5. The number of carbonyl (C=O) groups excluding carboxylic acids is 1. The van der Waals surface area contributed by atoms with Gasteiger partial charge in [0.2, 0.25) is 0 Å². The molecule has 0 aliphatic rings. The van der Waals surface area contributed by atoms with Gasteiger partial charge in [-0.2, -0.15) is 0 Å². The van der Waals surface area contributed by atoms with Gasteiger partial charge in [-0.3, -0.25) is 4.79 Å². The van der Waals surface area contributed by atoms with Crippen molar-refractivity contribution in [2.45, 2.75) is 19.3 Å². The number of anilines is 1. The molecule has 0 spiro atoms.